The molecule has 2 heterocycles. The molecule has 0 spiro atoms. The summed E-state index contributed by atoms with van der Waals surface area (Å²) in [6, 6.07) is 17.8. The smallest absolute Gasteiger partial charge is 0.246 e. The molecule has 40 heteroatoms. The predicted molar refractivity (Wildman–Crippen MR) is 487 cm³/mol. The molecule has 1 aliphatic rings. The molecule has 18 N–H and O–H groups in total. The van der Waals surface area contributed by atoms with Gasteiger partial charge in [-0.2, -0.15) is 0 Å². The van der Waals surface area contributed by atoms with Crippen molar-refractivity contribution in [3.8, 4) is 11.5 Å². The van der Waals surface area contributed by atoms with Crippen molar-refractivity contribution in [1.29, 1.82) is 0 Å². The summed E-state index contributed by atoms with van der Waals surface area (Å²) in [7, 11) is 6.18. The van der Waals surface area contributed by atoms with Crippen LogP contribution in [0.25, 0.3) is 10.9 Å². The van der Waals surface area contributed by atoms with Gasteiger partial charge >= 0.3 is 0 Å². The van der Waals surface area contributed by atoms with Gasteiger partial charge in [0, 0.05) is 96.6 Å². The zero-order valence-electron chi connectivity index (χ0n) is 75.2. The molecule has 0 aliphatic carbocycles. The van der Waals surface area contributed by atoms with Crippen LogP contribution in [0.3, 0.4) is 0 Å². The van der Waals surface area contributed by atoms with E-state index in [4.69, 9.17) is 17.2 Å². The molecule has 16 amide bonds. The van der Waals surface area contributed by atoms with E-state index in [1.54, 1.807) is 105 Å². The average Bonchev–Trinajstić information content (AvgIpc) is 1.65. The van der Waals surface area contributed by atoms with Gasteiger partial charge in [0.1, 0.15) is 78.0 Å². The zero-order chi connectivity index (χ0) is 97.4. The maximum absolute atomic E-state index is 15.6. The number of aromatic nitrogens is 1. The molecule has 714 valence electrons. The first-order valence-electron chi connectivity index (χ1n) is 43.4. The number of halogens is 3. The summed E-state index contributed by atoms with van der Waals surface area (Å²) in [5.74, 6) is -23.6. The molecule has 1 fully saturated rings. The second-order valence-electron chi connectivity index (χ2n) is 33.2. The number of nitrogens with two attached hydrogens (primary N) is 3. The van der Waals surface area contributed by atoms with Gasteiger partial charge in [-0.15, -0.1) is 11.8 Å². The molecular weight excluding hydrogens is 1750 g/mol. The van der Waals surface area contributed by atoms with E-state index in [1.807, 2.05) is 6.92 Å². The fourth-order valence-corrected chi connectivity index (χ4v) is 16.0. The fraction of sp³-hybridized carbons (Fsp3) is 0.419. The van der Waals surface area contributed by atoms with Crippen LogP contribution >= 0.6 is 11.8 Å². The van der Waals surface area contributed by atoms with Crippen molar-refractivity contribution in [2.75, 3.05) is 72.9 Å². The van der Waals surface area contributed by atoms with Crippen molar-refractivity contribution in [2.45, 2.75) is 171 Å². The summed E-state index contributed by atoms with van der Waals surface area (Å²) in [6.07, 6.45) is -0.365. The van der Waals surface area contributed by atoms with E-state index in [9.17, 15) is 53.0 Å². The number of aromatic hydroxyl groups is 2. The van der Waals surface area contributed by atoms with Crippen LogP contribution in [0.5, 0.6) is 11.5 Å². The van der Waals surface area contributed by atoms with Gasteiger partial charge in [0.05, 0.1) is 31.8 Å². The first-order chi connectivity index (χ1) is 63.2. The summed E-state index contributed by atoms with van der Waals surface area (Å²) in [5.41, 5.74) is 19.5. The van der Waals surface area contributed by atoms with E-state index in [0.717, 1.165) is 24.5 Å². The number of carbonyl (C=O) groups is 16. The Morgan fingerprint density at radius 2 is 0.940 bits per heavy atom. The number of para-hydroxylation sites is 1. The number of hydrogen-bond acceptors (Lipinski definition) is 20. The topological polar surface area (TPSA) is 532 Å². The van der Waals surface area contributed by atoms with E-state index in [1.165, 1.54) is 83.8 Å². The molecule has 0 saturated carbocycles. The maximum Gasteiger partial charge on any atom is 0.246 e. The quantitative estimate of drug-likeness (QED) is 0.0283. The molecule has 1 aliphatic heterocycles. The fourth-order valence-electron chi connectivity index (χ4n) is 15.2. The van der Waals surface area contributed by atoms with Crippen LogP contribution in [0.15, 0.2) is 152 Å². The number of primary amides is 2. The maximum atomic E-state index is 15.6. The molecule has 1 aromatic heterocycles. The first kappa shape index (κ1) is 104. The lowest BCUT2D eigenvalue weighted by atomic mass is 9.98. The summed E-state index contributed by atoms with van der Waals surface area (Å²) in [6.45, 7) is 2.46. The van der Waals surface area contributed by atoms with E-state index in [2.05, 4.69) is 52.8 Å². The highest BCUT2D eigenvalue weighted by Crippen LogP contribution is 2.26. The van der Waals surface area contributed by atoms with Gasteiger partial charge in [-0.1, -0.05) is 143 Å². The lowest BCUT2D eigenvalue weighted by Gasteiger charge is -2.37. The summed E-state index contributed by atoms with van der Waals surface area (Å²) >= 11 is 0.657. The minimum atomic E-state index is -1.88. The number of aromatic amines is 1. The van der Waals surface area contributed by atoms with Crippen molar-refractivity contribution < 1.29 is 100 Å². The molecular formula is C93H117F3N18O18S. The Labute approximate surface area is 771 Å². The molecule has 7 aromatic rings. The Kier molecular flexibility index (Phi) is 39.6. The number of fused-ring (bicyclic) bond motifs is 1. The third-order valence-corrected chi connectivity index (χ3v) is 23.6. The van der Waals surface area contributed by atoms with Gasteiger partial charge in [-0.05, 0) is 108 Å². The molecule has 0 unspecified atom stereocenters. The lowest BCUT2D eigenvalue weighted by Crippen LogP contribution is -2.61. The average molecular weight is 1860 g/mol. The van der Waals surface area contributed by atoms with E-state index in [-0.39, 0.29) is 75.0 Å². The van der Waals surface area contributed by atoms with Gasteiger partial charge in [0.2, 0.25) is 94.5 Å². The number of unbranched alkanes of at least 4 members (excludes halogenated alkanes) is 2. The van der Waals surface area contributed by atoms with Crippen molar-refractivity contribution >= 4 is 117 Å². The molecule has 1 saturated heterocycles. The summed E-state index contributed by atoms with van der Waals surface area (Å²) in [5, 5.41) is 44.6. The van der Waals surface area contributed by atoms with Crippen LogP contribution in [-0.2, 0) is 115 Å². The van der Waals surface area contributed by atoms with Crippen molar-refractivity contribution in [3.63, 3.8) is 0 Å². The third kappa shape index (κ3) is 31.1. The molecule has 11 atom stereocenters. The van der Waals surface area contributed by atoms with Gasteiger partial charge in [0.25, 0.3) is 0 Å². The number of H-pyrrole nitrogens is 1. The Hall–Kier alpha value is -13.9. The van der Waals surface area contributed by atoms with Crippen LogP contribution in [0.1, 0.15) is 99.1 Å². The summed E-state index contributed by atoms with van der Waals surface area (Å²) in [4.78, 5) is 243. The highest BCUT2D eigenvalue weighted by atomic mass is 32.2. The minimum Gasteiger partial charge on any atom is -0.508 e. The standard InChI is InChI=1S/C93H117F3N18O18S/c1-9-10-13-28-73-91(130)111(5)50-79(120)103-69(46-76(98)117)87(126)109-82(53(2)3)93(132)113(7)74(43-54-21-14-11-15-22-54)88(127)107-70(41-57-31-35-61(116)36-32-57)89(128)110(4)49-78(119)102-68(45-59-47-100-65-26-19-18-25-62(59)65)86(125)106-67(40-56-29-33-60(115)34-30-56)85(124)105-66(27-20-37-97)84(123)108-72(83(122)101-48-77(99)118)51-133-52-80(121)104-71(42-58-38-63(94)81(96)64(95)39-58)90(129)114(8)75(92(131)112(73)6)44-55-23-16-12-17-24-55/h11-12,14-19,21-26,29-36,38-39,47,53,66-75,82,100,115-116H,9-10,13,20,27-28,37,40-46,48-52,97H2,1-8H3,(H2,98,117)(H2,99,118)(H,101,122)(H,102,119)(H,103,120)(H,104,121)(H,105,124)(H,106,125)(H,107,127)(H,108,123)(H,109,126)/t66-,67-,68-,69-,70-,71-,72-,73-,74-,75-,82-/m0/s1. The van der Waals surface area contributed by atoms with Crippen LogP contribution in [0.2, 0.25) is 0 Å². The summed E-state index contributed by atoms with van der Waals surface area (Å²) < 4.78 is 45.0. The number of phenols is 2. The first-order valence-corrected chi connectivity index (χ1v) is 44.5. The molecule has 6 aromatic carbocycles. The minimum absolute atomic E-state index is 0.0274. The number of likely N-dealkylation sites (N-methyl/N-ethyl adjacent to an activating group) is 5. The van der Waals surface area contributed by atoms with Gasteiger partial charge in [-0.3, -0.25) is 76.7 Å². The number of rotatable bonds is 25. The Morgan fingerprint density at radius 1 is 0.466 bits per heavy atom. The monoisotopic (exact) mass is 1860 g/mol. The van der Waals surface area contributed by atoms with Crippen LogP contribution in [-0.4, -0.2) is 274 Å². The normalized spacial score (nSPS) is 21.6. The predicted octanol–water partition coefficient (Wildman–Crippen LogP) is 1.23. The lowest BCUT2D eigenvalue weighted by molar-refractivity contribution is -0.151. The number of hydrogen-bond donors (Lipinski definition) is 15. The van der Waals surface area contributed by atoms with E-state index < -0.39 is 228 Å². The molecule has 36 nitrogen and oxygen atoms in total. The second-order valence-corrected chi connectivity index (χ2v) is 34.2. The molecule has 8 rings (SSSR count). The Bertz CT molecular complexity index is 5250. The third-order valence-electron chi connectivity index (χ3n) is 22.5. The SMILES string of the molecule is CCCCC[C@H]1C(=O)N(C)CC(=O)N[C@@H](CC(N)=O)C(=O)N[C@@H](C(C)C)C(=O)N(C)[C@@H](Cc2ccccc2)C(=O)N[C@@H](Cc2ccc(O)cc2)C(=O)N(C)CC(=O)N[C@@H](Cc2c[nH]c3ccccc23)C(=O)N[C@@H](Cc2ccc(O)cc2)C(=O)N[C@@H](CCCN)C(=O)N[C@H](C(=O)NCC(N)=O)CSCC(=O)N[C@@H](Cc2cc(F)c(F)c(F)c2)C(=O)N(C)[C@@H](Cc2ccccc2)C(=O)N1C. The van der Waals surface area contributed by atoms with Gasteiger partial charge in [-0.25, -0.2) is 13.2 Å². The van der Waals surface area contributed by atoms with E-state index >= 15 is 47.1 Å². The number of phenolic OH excluding ortho intramolecular Hbond substituents is 2. The zero-order valence-corrected chi connectivity index (χ0v) is 76.1. The number of thioether (sulfide) groups is 1. The van der Waals surface area contributed by atoms with Gasteiger partial charge in [0.15, 0.2) is 17.5 Å². The number of carbonyl (C=O) groups excluding carboxylic acids is 16. The van der Waals surface area contributed by atoms with Crippen molar-refractivity contribution in [1.82, 2.24) is 77.3 Å². The molecule has 0 radical (unpaired) electrons. The number of nitrogens with one attached hydrogen (secondary N) is 10. The van der Waals surface area contributed by atoms with Crippen LogP contribution in [0.4, 0.5) is 13.2 Å². The van der Waals surface area contributed by atoms with E-state index in [0.29, 0.717) is 81.9 Å². The highest BCUT2D eigenvalue weighted by molar-refractivity contribution is 8.00. The van der Waals surface area contributed by atoms with Crippen LogP contribution < -0.4 is 65.1 Å². The largest absolute Gasteiger partial charge is 0.508 e. The van der Waals surface area contributed by atoms with Gasteiger partial charge < -0.3 is 105 Å². The number of benzene rings is 6. The van der Waals surface area contributed by atoms with Crippen molar-refractivity contribution in [2.24, 2.45) is 23.1 Å². The second kappa shape index (κ2) is 50.5. The number of amides is 16. The number of nitrogens with zero attached hydrogens (tertiary/aromatic N) is 5. The van der Waals surface area contributed by atoms with Crippen LogP contribution in [0, 0.1) is 23.4 Å². The van der Waals surface area contributed by atoms with Crippen molar-refractivity contribution in [3.05, 3.63) is 203 Å². The highest BCUT2D eigenvalue weighted by Gasteiger charge is 2.42. The molecule has 0 bridgehead atoms. The Balaban J connectivity index is 1.23. The Morgan fingerprint density at radius 3 is 1.50 bits per heavy atom. The molecule has 133 heavy (non-hydrogen) atoms.